The number of amides is 3. The second-order valence-electron chi connectivity index (χ2n) is 10.6. The lowest BCUT2D eigenvalue weighted by atomic mass is 10.0. The third kappa shape index (κ3) is 7.68. The summed E-state index contributed by atoms with van der Waals surface area (Å²) in [5.41, 5.74) is 1.03. The molecule has 40 heavy (non-hydrogen) atoms. The molecule has 0 spiro atoms. The van der Waals surface area contributed by atoms with Crippen LogP contribution in [-0.2, 0) is 25.7 Å². The predicted octanol–water partition coefficient (Wildman–Crippen LogP) is 3.65. The molecule has 3 amide bonds. The fourth-order valence-corrected chi connectivity index (χ4v) is 4.27. The number of furan rings is 1. The van der Waals surface area contributed by atoms with E-state index in [1.807, 2.05) is 30.3 Å². The second-order valence-corrected chi connectivity index (χ2v) is 10.6. The summed E-state index contributed by atoms with van der Waals surface area (Å²) in [6.45, 7) is 5.54. The maximum atomic E-state index is 12.7. The van der Waals surface area contributed by atoms with Gasteiger partial charge in [0.2, 0.25) is 5.91 Å². The minimum atomic E-state index is -0.756. The zero-order valence-electron chi connectivity index (χ0n) is 22.5. The van der Waals surface area contributed by atoms with Crippen LogP contribution >= 0.6 is 0 Å². The lowest BCUT2D eigenvalue weighted by Crippen LogP contribution is -2.38. The highest BCUT2D eigenvalue weighted by Crippen LogP contribution is 2.23. The monoisotopic (exact) mass is 548 g/mol. The summed E-state index contributed by atoms with van der Waals surface area (Å²) >= 11 is 0. The van der Waals surface area contributed by atoms with E-state index in [2.05, 4.69) is 16.0 Å². The van der Waals surface area contributed by atoms with Gasteiger partial charge < -0.3 is 24.5 Å². The first-order valence-corrected chi connectivity index (χ1v) is 12.9. The zero-order chi connectivity index (χ0) is 28.9. The highest BCUT2D eigenvalue weighted by Gasteiger charge is 2.35. The van der Waals surface area contributed by atoms with Crippen LogP contribution in [0, 0.1) is 11.3 Å². The van der Waals surface area contributed by atoms with E-state index in [0.29, 0.717) is 23.0 Å². The molecular weight excluding hydrogens is 516 g/mol. The summed E-state index contributed by atoms with van der Waals surface area (Å²) in [6, 6.07) is 15.2. The van der Waals surface area contributed by atoms with Crippen molar-refractivity contribution in [2.75, 3.05) is 6.54 Å². The summed E-state index contributed by atoms with van der Waals surface area (Å²) in [7, 11) is 0. The largest absolute Gasteiger partial charge is 0.460 e. The highest BCUT2D eigenvalue weighted by atomic mass is 16.6. The van der Waals surface area contributed by atoms with E-state index in [4.69, 9.17) is 19.3 Å². The van der Waals surface area contributed by atoms with Crippen LogP contribution in [0.25, 0.3) is 11.0 Å². The van der Waals surface area contributed by atoms with Crippen LogP contribution in [0.4, 0.5) is 4.79 Å². The number of hydrogen-bond donors (Lipinski definition) is 4. The molecule has 2 aromatic carbocycles. The summed E-state index contributed by atoms with van der Waals surface area (Å²) in [6.07, 6.45) is -0.382. The number of rotatable bonds is 8. The minimum Gasteiger partial charge on any atom is -0.460 e. The maximum Gasteiger partial charge on any atom is 0.413 e. The normalized spacial score (nSPS) is 16.7. The van der Waals surface area contributed by atoms with Crippen LogP contribution in [0.15, 0.2) is 59.0 Å². The van der Waals surface area contributed by atoms with Crippen LogP contribution in [0.5, 0.6) is 0 Å². The van der Waals surface area contributed by atoms with Gasteiger partial charge in [0.05, 0.1) is 12.3 Å². The van der Waals surface area contributed by atoms with Crippen molar-refractivity contribution >= 4 is 40.7 Å². The quantitative estimate of drug-likeness (QED) is 0.190. The van der Waals surface area contributed by atoms with Crippen LogP contribution in [0.1, 0.15) is 55.3 Å². The number of ether oxygens (including phenoxy) is 2. The Kier molecular flexibility index (Phi) is 8.52. The van der Waals surface area contributed by atoms with Gasteiger partial charge in [-0.1, -0.05) is 30.3 Å². The topological polar surface area (TPSA) is 160 Å². The molecule has 210 valence electrons. The van der Waals surface area contributed by atoms with E-state index in [1.165, 1.54) is 6.07 Å². The second kappa shape index (κ2) is 12.0. The van der Waals surface area contributed by atoms with Crippen molar-refractivity contribution in [3.8, 4) is 0 Å². The van der Waals surface area contributed by atoms with E-state index in [1.54, 1.807) is 39.0 Å². The third-order valence-corrected chi connectivity index (χ3v) is 6.10. The van der Waals surface area contributed by atoms with E-state index in [9.17, 15) is 19.2 Å². The van der Waals surface area contributed by atoms with Crippen molar-refractivity contribution in [3.63, 3.8) is 0 Å². The lowest BCUT2D eigenvalue weighted by molar-refractivity contribution is -0.157. The van der Waals surface area contributed by atoms with Crippen molar-refractivity contribution < 1.29 is 33.1 Å². The van der Waals surface area contributed by atoms with Gasteiger partial charge in [0.15, 0.2) is 5.76 Å². The average molecular weight is 549 g/mol. The Balaban J connectivity index is 1.28. The Morgan fingerprint density at radius 1 is 1.10 bits per heavy atom. The van der Waals surface area contributed by atoms with Crippen LogP contribution in [0.3, 0.4) is 0 Å². The van der Waals surface area contributed by atoms with Gasteiger partial charge in [-0.05, 0) is 57.0 Å². The van der Waals surface area contributed by atoms with E-state index in [0.717, 1.165) is 5.56 Å². The van der Waals surface area contributed by atoms with Crippen molar-refractivity contribution in [1.82, 2.24) is 16.0 Å². The molecule has 11 nitrogen and oxygen atoms in total. The number of benzene rings is 2. The van der Waals surface area contributed by atoms with Gasteiger partial charge in [0.1, 0.15) is 23.6 Å². The maximum absolute atomic E-state index is 12.7. The molecule has 0 bridgehead atoms. The Bertz CT molecular complexity index is 1430. The van der Waals surface area contributed by atoms with E-state index >= 15 is 0 Å². The number of alkyl carbamates (subject to hydrolysis) is 1. The average Bonchev–Trinajstić information content (AvgIpc) is 3.48. The number of nitrogens with one attached hydrogen (secondary N) is 4. The van der Waals surface area contributed by atoms with Crippen molar-refractivity contribution in [2.45, 2.75) is 51.9 Å². The number of fused-ring (bicyclic) bond motifs is 1. The number of amidine groups is 1. The molecule has 4 N–H and O–H groups in total. The molecule has 1 aromatic heterocycles. The van der Waals surface area contributed by atoms with Crippen molar-refractivity contribution in [1.29, 1.82) is 5.41 Å². The first kappa shape index (κ1) is 28.3. The molecule has 1 aliphatic rings. The molecule has 1 aliphatic heterocycles. The molecule has 0 radical (unpaired) electrons. The van der Waals surface area contributed by atoms with Crippen LogP contribution < -0.4 is 16.0 Å². The van der Waals surface area contributed by atoms with Gasteiger partial charge in [-0.15, -0.1) is 0 Å². The summed E-state index contributed by atoms with van der Waals surface area (Å²) in [4.78, 5) is 49.2. The Labute approximate surface area is 231 Å². The standard InChI is InChI=1S/C29H32N4O7/c1-29(2,3)40-24(34)14-20-12-21(32-26(20)35)15-31-27(36)23-13-19-11-18(9-10-22(19)39-23)25(30)33-28(37)38-16-17-7-5-4-6-8-17/h4-11,13,20-21H,12,14-16H2,1-3H3,(H,31,36)(H,32,35)(H2,30,33,37)/t20-,21-/m0/s1. The first-order chi connectivity index (χ1) is 19.0. The molecule has 4 rings (SSSR count). The Morgan fingerprint density at radius 2 is 1.85 bits per heavy atom. The zero-order valence-corrected chi connectivity index (χ0v) is 22.5. The Morgan fingerprint density at radius 3 is 2.58 bits per heavy atom. The summed E-state index contributed by atoms with van der Waals surface area (Å²) in [5.74, 6) is -1.78. The smallest absolute Gasteiger partial charge is 0.413 e. The van der Waals surface area contributed by atoms with Crippen LogP contribution in [-0.4, -0.2) is 47.9 Å². The Hall–Kier alpha value is -4.67. The van der Waals surface area contributed by atoms with E-state index < -0.39 is 29.5 Å². The minimum absolute atomic E-state index is 0.0198. The fourth-order valence-electron chi connectivity index (χ4n) is 4.27. The van der Waals surface area contributed by atoms with Gasteiger partial charge in [-0.2, -0.15) is 0 Å². The van der Waals surface area contributed by atoms with Crippen LogP contribution in [0.2, 0.25) is 0 Å². The molecule has 0 aliphatic carbocycles. The van der Waals surface area contributed by atoms with Gasteiger partial charge in [-0.25, -0.2) is 4.79 Å². The highest BCUT2D eigenvalue weighted by molar-refractivity contribution is 6.06. The van der Waals surface area contributed by atoms with Crippen molar-refractivity contribution in [2.24, 2.45) is 5.92 Å². The van der Waals surface area contributed by atoms with Gasteiger partial charge in [0.25, 0.3) is 5.91 Å². The molecular formula is C29H32N4O7. The predicted molar refractivity (Wildman–Crippen MR) is 146 cm³/mol. The number of carbonyl (C=O) groups is 4. The molecule has 3 aromatic rings. The molecule has 2 heterocycles. The van der Waals surface area contributed by atoms with Gasteiger partial charge in [-0.3, -0.25) is 25.1 Å². The summed E-state index contributed by atoms with van der Waals surface area (Å²) < 4.78 is 16.1. The SMILES string of the molecule is CC(C)(C)OC(=O)C[C@@H]1C[C@@H](CNC(=O)c2cc3cc(C(=N)NC(=O)OCc4ccccc4)ccc3o2)NC1=O. The van der Waals surface area contributed by atoms with Gasteiger partial charge in [0, 0.05) is 23.5 Å². The molecule has 1 saturated heterocycles. The van der Waals surface area contributed by atoms with Crippen molar-refractivity contribution in [3.05, 3.63) is 71.5 Å². The van der Waals surface area contributed by atoms with Gasteiger partial charge >= 0.3 is 12.1 Å². The fraction of sp³-hybridized carbons (Fsp3) is 0.345. The lowest BCUT2D eigenvalue weighted by Gasteiger charge is -2.20. The number of carbonyl (C=O) groups excluding carboxylic acids is 4. The van der Waals surface area contributed by atoms with E-state index in [-0.39, 0.29) is 43.1 Å². The number of hydrogen-bond acceptors (Lipinski definition) is 8. The number of esters is 1. The molecule has 0 unspecified atom stereocenters. The molecule has 0 saturated carbocycles. The summed E-state index contributed by atoms with van der Waals surface area (Å²) in [5, 5.41) is 16.7. The molecule has 11 heteroatoms. The molecule has 1 fully saturated rings. The first-order valence-electron chi connectivity index (χ1n) is 12.9. The molecule has 2 atom stereocenters. The third-order valence-electron chi connectivity index (χ3n) is 6.10.